The monoisotopic (exact) mass is 355 g/mol. The van der Waals surface area contributed by atoms with Crippen molar-refractivity contribution in [3.63, 3.8) is 0 Å². The van der Waals surface area contributed by atoms with Crippen molar-refractivity contribution >= 4 is 17.7 Å². The predicted octanol–water partition coefficient (Wildman–Crippen LogP) is 1.77. The van der Waals surface area contributed by atoms with Crippen molar-refractivity contribution in [1.29, 1.82) is 0 Å². The van der Waals surface area contributed by atoms with E-state index in [9.17, 15) is 14.9 Å². The summed E-state index contributed by atoms with van der Waals surface area (Å²) >= 11 is 0. The number of benzene rings is 1. The molecule has 1 amide bonds. The second kappa shape index (κ2) is 7.55. The first-order valence-electron chi connectivity index (χ1n) is 7.92. The predicted molar refractivity (Wildman–Crippen MR) is 92.4 cm³/mol. The molecule has 1 N–H and O–H groups in total. The van der Waals surface area contributed by atoms with Crippen molar-refractivity contribution in [3.8, 4) is 0 Å². The summed E-state index contributed by atoms with van der Waals surface area (Å²) in [4.78, 5) is 26.0. The molecule has 0 spiro atoms. The van der Waals surface area contributed by atoms with Crippen LogP contribution in [0.25, 0.3) is 0 Å². The van der Waals surface area contributed by atoms with Gasteiger partial charge < -0.3 is 10.1 Å². The van der Waals surface area contributed by atoms with Crippen LogP contribution in [0.1, 0.15) is 17.5 Å². The Hall–Kier alpha value is -3.56. The van der Waals surface area contributed by atoms with Crippen molar-refractivity contribution < 1.29 is 9.72 Å². The smallest absolute Gasteiger partial charge is 0.358 e. The Balaban J connectivity index is 1.51. The quantitative estimate of drug-likeness (QED) is 0.509. The molecule has 1 aromatic carbocycles. The SMILES string of the molecule is Cc1cccc(Cn2cnc(NC(=O)CCn3ccc([N+](=O)[O-])n3)n2)c1. The zero-order valence-corrected chi connectivity index (χ0v) is 14.1. The van der Waals surface area contributed by atoms with Crippen LogP contribution in [0.5, 0.6) is 0 Å². The molecule has 10 heteroatoms. The third kappa shape index (κ3) is 4.50. The van der Waals surface area contributed by atoms with Crippen molar-refractivity contribution in [2.45, 2.75) is 26.4 Å². The van der Waals surface area contributed by atoms with Gasteiger partial charge >= 0.3 is 5.82 Å². The molecular formula is C16H17N7O3. The standard InChI is InChI=1S/C16H17N7O3/c1-12-3-2-4-13(9-12)10-22-11-17-16(20-22)18-15(24)6-8-21-7-5-14(19-21)23(25)26/h2-5,7,9,11H,6,8,10H2,1H3,(H,18,20,24). The van der Waals surface area contributed by atoms with Crippen molar-refractivity contribution in [1.82, 2.24) is 24.5 Å². The molecule has 2 heterocycles. The molecule has 0 aliphatic carbocycles. The number of hydrogen-bond donors (Lipinski definition) is 1. The highest BCUT2D eigenvalue weighted by atomic mass is 16.6. The third-order valence-corrected chi connectivity index (χ3v) is 3.60. The van der Waals surface area contributed by atoms with Crippen molar-refractivity contribution in [2.75, 3.05) is 5.32 Å². The minimum atomic E-state index is -0.582. The van der Waals surface area contributed by atoms with Gasteiger partial charge in [0, 0.05) is 6.42 Å². The number of carbonyl (C=O) groups is 1. The number of anilines is 1. The van der Waals surface area contributed by atoms with Gasteiger partial charge in [-0.25, -0.2) is 9.67 Å². The largest absolute Gasteiger partial charge is 0.389 e. The Bertz CT molecular complexity index is 931. The minimum Gasteiger partial charge on any atom is -0.358 e. The first-order valence-corrected chi connectivity index (χ1v) is 7.92. The van der Waals surface area contributed by atoms with E-state index in [2.05, 4.69) is 26.6 Å². The number of rotatable bonds is 7. The van der Waals surface area contributed by atoms with E-state index in [0.29, 0.717) is 6.54 Å². The number of nitro groups is 1. The molecule has 26 heavy (non-hydrogen) atoms. The van der Waals surface area contributed by atoms with Gasteiger partial charge in [-0.15, -0.1) is 5.10 Å². The summed E-state index contributed by atoms with van der Waals surface area (Å²) in [5, 5.41) is 21.1. The van der Waals surface area contributed by atoms with Gasteiger partial charge in [0.15, 0.2) is 0 Å². The zero-order valence-electron chi connectivity index (χ0n) is 14.1. The summed E-state index contributed by atoms with van der Waals surface area (Å²) in [6, 6.07) is 9.33. The number of amides is 1. The van der Waals surface area contributed by atoms with Gasteiger partial charge in [-0.3, -0.25) is 10.1 Å². The number of aromatic nitrogens is 5. The summed E-state index contributed by atoms with van der Waals surface area (Å²) in [6.45, 7) is 2.80. The third-order valence-electron chi connectivity index (χ3n) is 3.60. The van der Waals surface area contributed by atoms with Crippen LogP contribution in [0.15, 0.2) is 42.9 Å². The van der Waals surface area contributed by atoms with Crippen LogP contribution >= 0.6 is 0 Å². The maximum absolute atomic E-state index is 12.0. The van der Waals surface area contributed by atoms with Crippen molar-refractivity contribution in [3.05, 3.63) is 64.1 Å². The van der Waals surface area contributed by atoms with Gasteiger partial charge in [0.25, 0.3) is 0 Å². The lowest BCUT2D eigenvalue weighted by atomic mass is 10.1. The highest BCUT2D eigenvalue weighted by Crippen LogP contribution is 2.08. The second-order valence-electron chi connectivity index (χ2n) is 5.75. The topological polar surface area (TPSA) is 121 Å². The lowest BCUT2D eigenvalue weighted by Crippen LogP contribution is -2.16. The molecule has 3 rings (SSSR count). The maximum atomic E-state index is 12.0. The Morgan fingerprint density at radius 2 is 2.12 bits per heavy atom. The van der Waals surface area contributed by atoms with Crippen LogP contribution < -0.4 is 5.32 Å². The summed E-state index contributed by atoms with van der Waals surface area (Å²) in [5.74, 6) is -0.326. The molecular weight excluding hydrogens is 338 g/mol. The molecule has 0 bridgehead atoms. The molecule has 0 aliphatic rings. The molecule has 0 aliphatic heterocycles. The molecule has 0 saturated carbocycles. The Morgan fingerprint density at radius 3 is 2.85 bits per heavy atom. The highest BCUT2D eigenvalue weighted by Gasteiger charge is 2.12. The molecule has 3 aromatic rings. The summed E-state index contributed by atoms with van der Waals surface area (Å²) in [7, 11) is 0. The summed E-state index contributed by atoms with van der Waals surface area (Å²) in [5.41, 5.74) is 2.25. The van der Waals surface area contributed by atoms with Crippen LogP contribution in [-0.2, 0) is 17.9 Å². The van der Waals surface area contributed by atoms with E-state index in [1.165, 1.54) is 16.9 Å². The zero-order chi connectivity index (χ0) is 18.5. The minimum absolute atomic E-state index is 0.102. The molecule has 0 saturated heterocycles. The van der Waals surface area contributed by atoms with E-state index in [0.717, 1.165) is 11.1 Å². The van der Waals surface area contributed by atoms with Gasteiger partial charge in [-0.05, 0) is 17.4 Å². The van der Waals surface area contributed by atoms with E-state index < -0.39 is 4.92 Å². The molecule has 2 aromatic heterocycles. The Morgan fingerprint density at radius 1 is 1.27 bits per heavy atom. The van der Waals surface area contributed by atoms with E-state index >= 15 is 0 Å². The summed E-state index contributed by atoms with van der Waals surface area (Å²) in [6.07, 6.45) is 3.11. The van der Waals surface area contributed by atoms with E-state index in [1.54, 1.807) is 11.0 Å². The molecule has 134 valence electrons. The van der Waals surface area contributed by atoms with Gasteiger partial charge in [-0.2, -0.15) is 4.68 Å². The number of hydrogen-bond acceptors (Lipinski definition) is 6. The lowest BCUT2D eigenvalue weighted by Gasteiger charge is -2.02. The van der Waals surface area contributed by atoms with Crippen LogP contribution in [0.3, 0.4) is 0 Å². The number of nitrogens with one attached hydrogen (secondary N) is 1. The fourth-order valence-corrected chi connectivity index (χ4v) is 2.40. The molecule has 0 unspecified atom stereocenters. The Kier molecular flexibility index (Phi) is 5.02. The lowest BCUT2D eigenvalue weighted by molar-refractivity contribution is -0.389. The fraction of sp³-hybridized carbons (Fsp3) is 0.250. The van der Waals surface area contributed by atoms with Crippen LogP contribution in [0.4, 0.5) is 11.8 Å². The fourth-order valence-electron chi connectivity index (χ4n) is 2.40. The number of carbonyl (C=O) groups excluding carboxylic acids is 1. The van der Waals surface area contributed by atoms with Crippen LogP contribution in [0, 0.1) is 17.0 Å². The number of nitrogens with zero attached hydrogens (tertiary/aromatic N) is 6. The molecule has 10 nitrogen and oxygen atoms in total. The van der Waals surface area contributed by atoms with E-state index in [1.807, 2.05) is 25.1 Å². The normalized spacial score (nSPS) is 10.7. The van der Waals surface area contributed by atoms with Gasteiger partial charge in [0.05, 0.1) is 30.5 Å². The average Bonchev–Trinajstić information content (AvgIpc) is 3.23. The molecule has 0 fully saturated rings. The van der Waals surface area contributed by atoms with E-state index in [-0.39, 0.29) is 30.6 Å². The van der Waals surface area contributed by atoms with Gasteiger partial charge in [0.2, 0.25) is 11.9 Å². The van der Waals surface area contributed by atoms with Gasteiger partial charge in [0.1, 0.15) is 6.33 Å². The van der Waals surface area contributed by atoms with Crippen LogP contribution in [0.2, 0.25) is 0 Å². The highest BCUT2D eigenvalue weighted by molar-refractivity contribution is 5.88. The number of aryl methyl sites for hydroxylation is 2. The first-order chi connectivity index (χ1) is 12.5. The van der Waals surface area contributed by atoms with Crippen molar-refractivity contribution in [2.24, 2.45) is 0 Å². The van der Waals surface area contributed by atoms with Crippen LogP contribution in [-0.4, -0.2) is 35.4 Å². The maximum Gasteiger partial charge on any atom is 0.389 e. The van der Waals surface area contributed by atoms with Gasteiger partial charge in [-0.1, -0.05) is 29.8 Å². The Labute approximate surface area is 148 Å². The molecule has 0 radical (unpaired) electrons. The molecule has 0 atom stereocenters. The summed E-state index contributed by atoms with van der Waals surface area (Å²) < 4.78 is 2.99. The second-order valence-corrected chi connectivity index (χ2v) is 5.75. The van der Waals surface area contributed by atoms with E-state index in [4.69, 9.17) is 0 Å². The average molecular weight is 355 g/mol. The first kappa shape index (κ1) is 17.3.